The van der Waals surface area contributed by atoms with Gasteiger partial charge in [-0.3, -0.25) is 0 Å². The quantitative estimate of drug-likeness (QED) is 0.938. The lowest BCUT2D eigenvalue weighted by atomic mass is 10.1. The summed E-state index contributed by atoms with van der Waals surface area (Å²) in [6, 6.07) is 11.2. The van der Waals surface area contributed by atoms with Crippen molar-refractivity contribution in [2.24, 2.45) is 0 Å². The molecular weight excluding hydrogens is 301 g/mol. The zero-order chi connectivity index (χ0) is 14.8. The Hall–Kier alpha value is -1.43. The molecule has 20 heavy (non-hydrogen) atoms. The van der Waals surface area contributed by atoms with E-state index < -0.39 is 16.1 Å². The van der Waals surface area contributed by atoms with Gasteiger partial charge in [-0.05, 0) is 42.8 Å². The summed E-state index contributed by atoms with van der Waals surface area (Å²) in [6.45, 7) is 1.69. The van der Waals surface area contributed by atoms with Crippen molar-refractivity contribution in [3.05, 3.63) is 64.9 Å². The number of halogens is 2. The van der Waals surface area contributed by atoms with Crippen LogP contribution in [0.1, 0.15) is 18.5 Å². The van der Waals surface area contributed by atoms with Crippen molar-refractivity contribution in [3.63, 3.8) is 0 Å². The Morgan fingerprint density at radius 1 is 1.15 bits per heavy atom. The molecule has 2 rings (SSSR count). The van der Waals surface area contributed by atoms with Gasteiger partial charge in [-0.25, -0.2) is 17.5 Å². The molecule has 3 nitrogen and oxygen atoms in total. The molecule has 2 aromatic carbocycles. The first-order valence-corrected chi connectivity index (χ1v) is 7.78. The van der Waals surface area contributed by atoms with Crippen molar-refractivity contribution in [2.45, 2.75) is 17.9 Å². The van der Waals surface area contributed by atoms with E-state index in [4.69, 9.17) is 11.6 Å². The lowest BCUT2D eigenvalue weighted by Crippen LogP contribution is -2.26. The number of hydrogen-bond donors (Lipinski definition) is 1. The highest BCUT2D eigenvalue weighted by atomic mass is 35.5. The van der Waals surface area contributed by atoms with Crippen LogP contribution in [0.3, 0.4) is 0 Å². The zero-order valence-electron chi connectivity index (χ0n) is 10.7. The Morgan fingerprint density at radius 2 is 1.80 bits per heavy atom. The van der Waals surface area contributed by atoms with Gasteiger partial charge in [0.25, 0.3) is 0 Å². The van der Waals surface area contributed by atoms with Crippen molar-refractivity contribution in [2.75, 3.05) is 0 Å². The van der Waals surface area contributed by atoms with Crippen molar-refractivity contribution in [3.8, 4) is 0 Å². The molecule has 2 aromatic rings. The average Bonchev–Trinajstić information content (AvgIpc) is 2.39. The highest BCUT2D eigenvalue weighted by Crippen LogP contribution is 2.19. The highest BCUT2D eigenvalue weighted by molar-refractivity contribution is 7.89. The molecule has 0 bridgehead atoms. The first kappa shape index (κ1) is 15.0. The zero-order valence-corrected chi connectivity index (χ0v) is 12.2. The van der Waals surface area contributed by atoms with Crippen LogP contribution in [0, 0.1) is 5.82 Å². The molecule has 0 saturated heterocycles. The summed E-state index contributed by atoms with van der Waals surface area (Å²) in [7, 11) is -3.67. The van der Waals surface area contributed by atoms with Crippen molar-refractivity contribution in [1.82, 2.24) is 4.72 Å². The van der Waals surface area contributed by atoms with Crippen LogP contribution in [0.4, 0.5) is 4.39 Å². The summed E-state index contributed by atoms with van der Waals surface area (Å²) in [4.78, 5) is 0.0963. The molecule has 0 fully saturated rings. The summed E-state index contributed by atoms with van der Waals surface area (Å²) in [5, 5.41) is 0.349. The third kappa shape index (κ3) is 3.56. The van der Waals surface area contributed by atoms with Crippen molar-refractivity contribution in [1.29, 1.82) is 0 Å². The van der Waals surface area contributed by atoms with E-state index in [9.17, 15) is 12.8 Å². The van der Waals surface area contributed by atoms with Crippen LogP contribution in [0.25, 0.3) is 0 Å². The van der Waals surface area contributed by atoms with Gasteiger partial charge in [-0.1, -0.05) is 29.8 Å². The van der Waals surface area contributed by atoms with Gasteiger partial charge >= 0.3 is 0 Å². The second kappa shape index (κ2) is 5.91. The van der Waals surface area contributed by atoms with Gasteiger partial charge in [0.05, 0.1) is 4.90 Å². The summed E-state index contributed by atoms with van der Waals surface area (Å²) in [6.07, 6.45) is 0. The predicted molar refractivity (Wildman–Crippen MR) is 76.6 cm³/mol. The number of rotatable bonds is 4. The Morgan fingerprint density at radius 3 is 2.40 bits per heavy atom. The lowest BCUT2D eigenvalue weighted by molar-refractivity contribution is 0.566. The van der Waals surface area contributed by atoms with E-state index in [1.54, 1.807) is 31.2 Å². The number of sulfonamides is 1. The second-order valence-corrected chi connectivity index (χ2v) is 6.50. The maximum absolute atomic E-state index is 12.8. The van der Waals surface area contributed by atoms with Gasteiger partial charge in [0.1, 0.15) is 5.82 Å². The van der Waals surface area contributed by atoms with Crippen LogP contribution in [-0.2, 0) is 10.0 Å². The van der Waals surface area contributed by atoms with E-state index in [2.05, 4.69) is 4.72 Å². The fourth-order valence-electron chi connectivity index (χ4n) is 1.75. The molecule has 0 aliphatic rings. The molecule has 0 spiro atoms. The molecule has 1 N–H and O–H groups in total. The SMILES string of the molecule is C[C@H](NS(=O)(=O)c1cccc(Cl)c1)c1ccc(F)cc1. The van der Waals surface area contributed by atoms with Crippen molar-refractivity contribution >= 4 is 21.6 Å². The predicted octanol–water partition coefficient (Wildman–Crippen LogP) is 3.52. The molecule has 0 aliphatic carbocycles. The van der Waals surface area contributed by atoms with E-state index in [1.807, 2.05) is 0 Å². The number of nitrogens with one attached hydrogen (secondary N) is 1. The fraction of sp³-hybridized carbons (Fsp3) is 0.143. The van der Waals surface area contributed by atoms with Crippen LogP contribution < -0.4 is 4.72 Å². The third-order valence-electron chi connectivity index (χ3n) is 2.81. The largest absolute Gasteiger partial charge is 0.241 e. The van der Waals surface area contributed by atoms with E-state index >= 15 is 0 Å². The molecule has 0 radical (unpaired) electrons. The molecule has 0 aromatic heterocycles. The first-order valence-electron chi connectivity index (χ1n) is 5.92. The molecular formula is C14H13ClFNO2S. The molecule has 0 unspecified atom stereocenters. The Bertz CT molecular complexity index is 701. The van der Waals surface area contributed by atoms with Gasteiger partial charge in [-0.15, -0.1) is 0 Å². The minimum atomic E-state index is -3.67. The van der Waals surface area contributed by atoms with E-state index in [1.165, 1.54) is 24.3 Å². The molecule has 6 heteroatoms. The van der Waals surface area contributed by atoms with E-state index in [0.717, 1.165) is 0 Å². The van der Waals surface area contributed by atoms with Gasteiger partial charge in [0.2, 0.25) is 10.0 Å². The minimum absolute atomic E-state index is 0.0963. The summed E-state index contributed by atoms with van der Waals surface area (Å²) < 4.78 is 39.8. The molecule has 106 valence electrons. The van der Waals surface area contributed by atoms with Gasteiger partial charge in [0.15, 0.2) is 0 Å². The Balaban J connectivity index is 2.22. The van der Waals surface area contributed by atoms with Gasteiger partial charge in [0, 0.05) is 11.1 Å². The van der Waals surface area contributed by atoms with E-state index in [0.29, 0.717) is 10.6 Å². The summed E-state index contributed by atoms with van der Waals surface area (Å²) >= 11 is 5.79. The van der Waals surface area contributed by atoms with Crippen LogP contribution in [0.15, 0.2) is 53.4 Å². The maximum Gasteiger partial charge on any atom is 0.241 e. The van der Waals surface area contributed by atoms with E-state index in [-0.39, 0.29) is 10.7 Å². The summed E-state index contributed by atoms with van der Waals surface area (Å²) in [5.41, 5.74) is 0.678. The highest BCUT2D eigenvalue weighted by Gasteiger charge is 2.18. The molecule has 0 saturated carbocycles. The monoisotopic (exact) mass is 313 g/mol. The van der Waals surface area contributed by atoms with Gasteiger partial charge < -0.3 is 0 Å². The molecule has 0 aliphatic heterocycles. The van der Waals surface area contributed by atoms with Crippen LogP contribution >= 0.6 is 11.6 Å². The van der Waals surface area contributed by atoms with Gasteiger partial charge in [-0.2, -0.15) is 0 Å². The number of hydrogen-bond acceptors (Lipinski definition) is 2. The second-order valence-electron chi connectivity index (χ2n) is 4.35. The molecule has 0 amide bonds. The standard InChI is InChI=1S/C14H13ClFNO2S/c1-10(11-5-7-13(16)8-6-11)17-20(18,19)14-4-2-3-12(15)9-14/h2-10,17H,1H3/t10-/m0/s1. The smallest absolute Gasteiger partial charge is 0.207 e. The third-order valence-corrected chi connectivity index (χ3v) is 4.58. The fourth-order valence-corrected chi connectivity index (χ4v) is 3.29. The van der Waals surface area contributed by atoms with Crippen LogP contribution in [0.5, 0.6) is 0 Å². The first-order chi connectivity index (χ1) is 9.38. The maximum atomic E-state index is 12.8. The topological polar surface area (TPSA) is 46.2 Å². The minimum Gasteiger partial charge on any atom is -0.207 e. The lowest BCUT2D eigenvalue weighted by Gasteiger charge is -2.14. The normalized spacial score (nSPS) is 13.2. The van der Waals surface area contributed by atoms with Crippen LogP contribution in [-0.4, -0.2) is 8.42 Å². The van der Waals surface area contributed by atoms with Crippen molar-refractivity contribution < 1.29 is 12.8 Å². The summed E-state index contributed by atoms with van der Waals surface area (Å²) in [5.74, 6) is -0.362. The number of benzene rings is 2. The Kier molecular flexibility index (Phi) is 4.42. The molecule has 0 heterocycles. The average molecular weight is 314 g/mol. The Labute approximate surface area is 122 Å². The van der Waals surface area contributed by atoms with Crippen LogP contribution in [0.2, 0.25) is 5.02 Å². The molecule has 1 atom stereocenters.